The quantitative estimate of drug-likeness (QED) is 0.599. The summed E-state index contributed by atoms with van der Waals surface area (Å²) >= 11 is 0. The number of ether oxygens (including phenoxy) is 2. The maximum Gasteiger partial charge on any atom is 0.338 e. The van der Waals surface area contributed by atoms with Gasteiger partial charge in [0.25, 0.3) is 0 Å². The van der Waals surface area contributed by atoms with Crippen molar-refractivity contribution in [1.82, 2.24) is 5.06 Å². The number of nitrogens with two attached hydrogens (primary N) is 1. The molecule has 0 atom stereocenters. The average Bonchev–Trinajstić information content (AvgIpc) is 3.50. The van der Waals surface area contributed by atoms with Crippen LogP contribution in [0.3, 0.4) is 0 Å². The molecule has 0 aliphatic heterocycles. The number of amides is 2. The van der Waals surface area contributed by atoms with E-state index in [1.807, 2.05) is 18.2 Å². The summed E-state index contributed by atoms with van der Waals surface area (Å²) in [5.41, 5.74) is 5.35. The maximum atomic E-state index is 11.1. The summed E-state index contributed by atoms with van der Waals surface area (Å²) in [6.07, 6.45) is 4.49. The Balaban J connectivity index is 1.78. The molecule has 0 bridgehead atoms. The molecule has 3 N–H and O–H groups in total. The molecule has 140 valence electrons. The number of primary amides is 1. The fourth-order valence-corrected chi connectivity index (χ4v) is 3.56. The third-order valence-electron chi connectivity index (χ3n) is 5.48. The van der Waals surface area contributed by atoms with Crippen LogP contribution in [0.25, 0.3) is 0 Å². The van der Waals surface area contributed by atoms with Gasteiger partial charge in [-0.05, 0) is 62.1 Å². The van der Waals surface area contributed by atoms with Gasteiger partial charge in [0.2, 0.25) is 0 Å². The van der Waals surface area contributed by atoms with Gasteiger partial charge in [-0.1, -0.05) is 6.07 Å². The van der Waals surface area contributed by atoms with Crippen LogP contribution in [0.5, 0.6) is 11.5 Å². The molecule has 7 heteroatoms. The first kappa shape index (κ1) is 18.3. The van der Waals surface area contributed by atoms with Crippen molar-refractivity contribution in [1.29, 1.82) is 5.26 Å². The fourth-order valence-electron chi connectivity index (χ4n) is 3.56. The highest BCUT2D eigenvalue weighted by molar-refractivity contribution is 5.70. The molecule has 0 heterocycles. The molecular formula is C19H25N3O4. The van der Waals surface area contributed by atoms with E-state index in [-0.39, 0.29) is 6.04 Å². The Labute approximate surface area is 153 Å². The molecule has 2 amide bonds. The molecule has 2 saturated carbocycles. The normalized spacial score (nSPS) is 25.2. The van der Waals surface area contributed by atoms with E-state index in [2.05, 4.69) is 6.07 Å². The Morgan fingerprint density at radius 3 is 2.58 bits per heavy atom. The summed E-state index contributed by atoms with van der Waals surface area (Å²) in [4.78, 5) is 11.1. The highest BCUT2D eigenvalue weighted by Gasteiger charge is 2.40. The van der Waals surface area contributed by atoms with Gasteiger partial charge in [0.15, 0.2) is 11.5 Å². The fraction of sp³-hybridized carbons (Fsp3) is 0.579. The molecule has 2 fully saturated rings. The van der Waals surface area contributed by atoms with Crippen LogP contribution in [-0.4, -0.2) is 36.1 Å². The Morgan fingerprint density at radius 2 is 2.04 bits per heavy atom. The van der Waals surface area contributed by atoms with Crippen LogP contribution in [0, 0.1) is 17.2 Å². The summed E-state index contributed by atoms with van der Waals surface area (Å²) in [5, 5.41) is 20.2. The van der Waals surface area contributed by atoms with Crippen molar-refractivity contribution in [3.8, 4) is 17.6 Å². The standard InChI is InChI=1S/C19H25N3O4/c1-25-16-5-4-14(10-17(16)26-11-13-2-3-13)19(12-20)8-6-15(7-9-19)22(24)18(21)23/h4-5,10,13,15,24H,2-3,6-9,11H2,1H3,(H2,21,23)/t15-,19-. The van der Waals surface area contributed by atoms with E-state index < -0.39 is 11.4 Å². The number of carbonyl (C=O) groups excluding carboxylic acids is 1. The second-order valence-electron chi connectivity index (χ2n) is 7.23. The average molecular weight is 359 g/mol. The van der Waals surface area contributed by atoms with E-state index in [4.69, 9.17) is 15.2 Å². The van der Waals surface area contributed by atoms with E-state index in [1.54, 1.807) is 7.11 Å². The Kier molecular flexibility index (Phi) is 5.23. The predicted octanol–water partition coefficient (Wildman–Crippen LogP) is 2.96. The van der Waals surface area contributed by atoms with Gasteiger partial charge in [0.05, 0.1) is 31.2 Å². The number of rotatable bonds is 6. The molecule has 0 aromatic heterocycles. The number of carbonyl (C=O) groups is 1. The minimum Gasteiger partial charge on any atom is -0.493 e. The Hall–Kier alpha value is -2.46. The molecule has 0 unspecified atom stereocenters. The largest absolute Gasteiger partial charge is 0.493 e. The van der Waals surface area contributed by atoms with Gasteiger partial charge in [0, 0.05) is 0 Å². The van der Waals surface area contributed by atoms with Crippen molar-refractivity contribution in [3.05, 3.63) is 23.8 Å². The molecule has 0 saturated heterocycles. The van der Waals surface area contributed by atoms with Crippen LogP contribution in [0.15, 0.2) is 18.2 Å². The van der Waals surface area contributed by atoms with E-state index >= 15 is 0 Å². The van der Waals surface area contributed by atoms with Crippen LogP contribution >= 0.6 is 0 Å². The van der Waals surface area contributed by atoms with Crippen molar-refractivity contribution < 1.29 is 19.5 Å². The van der Waals surface area contributed by atoms with Gasteiger partial charge in [-0.25, -0.2) is 9.86 Å². The molecular weight excluding hydrogens is 334 g/mol. The summed E-state index contributed by atoms with van der Waals surface area (Å²) in [6.45, 7) is 0.666. The minimum atomic E-state index is -0.861. The molecule has 7 nitrogen and oxygen atoms in total. The number of methoxy groups -OCH3 is 1. The van der Waals surface area contributed by atoms with Crippen molar-refractivity contribution in [2.45, 2.75) is 50.0 Å². The smallest absolute Gasteiger partial charge is 0.338 e. The first-order chi connectivity index (χ1) is 12.5. The number of hydrogen-bond donors (Lipinski definition) is 2. The first-order valence-corrected chi connectivity index (χ1v) is 8.99. The number of urea groups is 1. The van der Waals surface area contributed by atoms with Gasteiger partial charge in [-0.15, -0.1) is 0 Å². The van der Waals surface area contributed by atoms with Gasteiger partial charge in [-0.3, -0.25) is 5.21 Å². The van der Waals surface area contributed by atoms with Gasteiger partial charge in [0.1, 0.15) is 0 Å². The summed E-state index contributed by atoms with van der Waals surface area (Å²) in [6, 6.07) is 6.88. The van der Waals surface area contributed by atoms with Crippen molar-refractivity contribution in [2.24, 2.45) is 11.7 Å². The van der Waals surface area contributed by atoms with Crippen LogP contribution < -0.4 is 15.2 Å². The lowest BCUT2D eigenvalue weighted by Gasteiger charge is -2.37. The zero-order chi connectivity index (χ0) is 18.7. The second-order valence-corrected chi connectivity index (χ2v) is 7.23. The highest BCUT2D eigenvalue weighted by atomic mass is 16.5. The molecule has 0 radical (unpaired) electrons. The number of hydroxylamine groups is 2. The number of hydrogen-bond acceptors (Lipinski definition) is 5. The topological polar surface area (TPSA) is 109 Å². The molecule has 3 rings (SSSR count). The molecule has 26 heavy (non-hydrogen) atoms. The first-order valence-electron chi connectivity index (χ1n) is 8.99. The maximum absolute atomic E-state index is 11.1. The summed E-state index contributed by atoms with van der Waals surface area (Å²) in [7, 11) is 1.60. The highest BCUT2D eigenvalue weighted by Crippen LogP contribution is 2.43. The lowest BCUT2D eigenvalue weighted by molar-refractivity contribution is -0.0870. The SMILES string of the molecule is COc1ccc([C@]2(C#N)CC[C@@H](N(O)C(N)=O)CC2)cc1OCC1CC1. The third-order valence-corrected chi connectivity index (χ3v) is 5.48. The monoisotopic (exact) mass is 359 g/mol. The van der Waals surface area contributed by atoms with Crippen LogP contribution in [0.1, 0.15) is 44.1 Å². The van der Waals surface area contributed by atoms with E-state index in [0.717, 1.165) is 5.56 Å². The zero-order valence-corrected chi connectivity index (χ0v) is 15.0. The zero-order valence-electron chi connectivity index (χ0n) is 15.0. The number of nitriles is 1. The summed E-state index contributed by atoms with van der Waals surface area (Å²) in [5.74, 6) is 1.94. The Morgan fingerprint density at radius 1 is 1.35 bits per heavy atom. The minimum absolute atomic E-state index is 0.349. The molecule has 2 aliphatic rings. The Bertz CT molecular complexity index is 703. The lowest BCUT2D eigenvalue weighted by Crippen LogP contribution is -2.45. The van der Waals surface area contributed by atoms with Crippen molar-refractivity contribution in [3.63, 3.8) is 0 Å². The predicted molar refractivity (Wildman–Crippen MR) is 94.0 cm³/mol. The summed E-state index contributed by atoms with van der Waals surface area (Å²) < 4.78 is 11.3. The van der Waals surface area contributed by atoms with E-state index in [0.29, 0.717) is 54.8 Å². The molecule has 1 aromatic carbocycles. The van der Waals surface area contributed by atoms with Crippen LogP contribution in [-0.2, 0) is 5.41 Å². The van der Waals surface area contributed by atoms with E-state index in [1.165, 1.54) is 12.8 Å². The van der Waals surface area contributed by atoms with Crippen LogP contribution in [0.2, 0.25) is 0 Å². The third kappa shape index (κ3) is 3.70. The van der Waals surface area contributed by atoms with Crippen LogP contribution in [0.4, 0.5) is 4.79 Å². The van der Waals surface area contributed by atoms with Gasteiger partial charge in [-0.2, -0.15) is 5.26 Å². The number of benzene rings is 1. The number of nitrogens with zero attached hydrogens (tertiary/aromatic N) is 2. The molecule has 2 aliphatic carbocycles. The lowest BCUT2D eigenvalue weighted by atomic mass is 9.69. The second kappa shape index (κ2) is 7.42. The van der Waals surface area contributed by atoms with Crippen molar-refractivity contribution in [2.75, 3.05) is 13.7 Å². The molecule has 0 spiro atoms. The van der Waals surface area contributed by atoms with Gasteiger partial charge >= 0.3 is 6.03 Å². The van der Waals surface area contributed by atoms with Gasteiger partial charge < -0.3 is 15.2 Å². The van der Waals surface area contributed by atoms with Crippen molar-refractivity contribution >= 4 is 6.03 Å². The molecule has 1 aromatic rings. The van der Waals surface area contributed by atoms with E-state index in [9.17, 15) is 15.3 Å².